The first-order valence-corrected chi connectivity index (χ1v) is 6.44. The lowest BCUT2D eigenvalue weighted by Gasteiger charge is -2.04. The molecule has 0 N–H and O–H groups in total. The lowest BCUT2D eigenvalue weighted by molar-refractivity contribution is 0.673. The normalized spacial score (nSPS) is 11.6. The molecule has 1 aromatic rings. The Bertz CT molecular complexity index is 393. The summed E-state index contributed by atoms with van der Waals surface area (Å²) in [5.41, 5.74) is 4.04. The highest BCUT2D eigenvalue weighted by atomic mass is 15.0. The van der Waals surface area contributed by atoms with Crippen LogP contribution >= 0.6 is 0 Å². The van der Waals surface area contributed by atoms with E-state index in [4.69, 9.17) is 0 Å². The molecular weight excluding hydrogens is 208 g/mol. The third-order valence-corrected chi connectivity index (χ3v) is 2.69. The highest BCUT2D eigenvalue weighted by Crippen LogP contribution is 2.12. The van der Waals surface area contributed by atoms with E-state index in [0.29, 0.717) is 0 Å². The van der Waals surface area contributed by atoms with Gasteiger partial charge < -0.3 is 4.57 Å². The van der Waals surface area contributed by atoms with Crippen molar-refractivity contribution in [1.82, 2.24) is 9.55 Å². The summed E-state index contributed by atoms with van der Waals surface area (Å²) in [4.78, 5) is 4.21. The summed E-state index contributed by atoms with van der Waals surface area (Å²) < 4.78 is 2.21. The molecule has 0 saturated heterocycles. The molecule has 0 aliphatic carbocycles. The lowest BCUT2D eigenvalue weighted by Crippen LogP contribution is -1.97. The van der Waals surface area contributed by atoms with Gasteiger partial charge in [-0.25, -0.2) is 4.98 Å². The topological polar surface area (TPSA) is 17.8 Å². The Balaban J connectivity index is 2.60. The number of hydrogen-bond donors (Lipinski definition) is 0. The number of nitrogens with zero attached hydrogens (tertiary/aromatic N) is 2. The van der Waals surface area contributed by atoms with Crippen molar-refractivity contribution in [3.05, 3.63) is 35.4 Å². The van der Waals surface area contributed by atoms with Gasteiger partial charge >= 0.3 is 0 Å². The number of aromatic nitrogens is 2. The van der Waals surface area contributed by atoms with Crippen LogP contribution in [0.25, 0.3) is 6.08 Å². The average molecular weight is 232 g/mol. The van der Waals surface area contributed by atoms with Gasteiger partial charge in [-0.15, -0.1) is 0 Å². The average Bonchev–Trinajstić information content (AvgIpc) is 2.66. The van der Waals surface area contributed by atoms with E-state index in [2.05, 4.69) is 49.4 Å². The Labute approximate surface area is 105 Å². The quantitative estimate of drug-likeness (QED) is 0.663. The summed E-state index contributed by atoms with van der Waals surface area (Å²) >= 11 is 0. The molecule has 0 amide bonds. The van der Waals surface area contributed by atoms with E-state index in [1.165, 1.54) is 16.8 Å². The number of aryl methyl sites for hydroxylation is 1. The molecule has 0 fully saturated rings. The van der Waals surface area contributed by atoms with Crippen LogP contribution in [0.3, 0.4) is 0 Å². The largest absolute Gasteiger partial charge is 0.331 e. The first kappa shape index (κ1) is 13.8. The molecular formula is C15H24N2. The molecule has 0 aliphatic rings. The second-order valence-corrected chi connectivity index (χ2v) is 4.82. The molecule has 0 unspecified atom stereocenters. The third kappa shape index (κ3) is 5.03. The molecule has 0 bridgehead atoms. The van der Waals surface area contributed by atoms with E-state index < -0.39 is 0 Å². The van der Waals surface area contributed by atoms with Crippen molar-refractivity contribution >= 4 is 6.08 Å². The fraction of sp³-hybridized carbons (Fsp3) is 0.533. The van der Waals surface area contributed by atoms with Crippen LogP contribution in [0.4, 0.5) is 0 Å². The van der Waals surface area contributed by atoms with Crippen LogP contribution in [0.2, 0.25) is 0 Å². The van der Waals surface area contributed by atoms with E-state index in [0.717, 1.165) is 25.8 Å². The first-order chi connectivity index (χ1) is 8.13. The van der Waals surface area contributed by atoms with Crippen LogP contribution in [-0.4, -0.2) is 9.55 Å². The van der Waals surface area contributed by atoms with Gasteiger partial charge in [-0.2, -0.15) is 0 Å². The molecule has 0 saturated carbocycles. The highest BCUT2D eigenvalue weighted by molar-refractivity contribution is 5.47. The van der Waals surface area contributed by atoms with Crippen molar-refractivity contribution in [2.45, 2.75) is 53.5 Å². The Morgan fingerprint density at radius 3 is 2.76 bits per heavy atom. The molecule has 0 aliphatic heterocycles. The molecule has 1 rings (SSSR count). The van der Waals surface area contributed by atoms with Gasteiger partial charge in [0.25, 0.3) is 0 Å². The van der Waals surface area contributed by atoms with Crippen molar-refractivity contribution in [2.75, 3.05) is 0 Å². The van der Waals surface area contributed by atoms with E-state index in [9.17, 15) is 0 Å². The van der Waals surface area contributed by atoms with Gasteiger partial charge in [0.15, 0.2) is 0 Å². The third-order valence-electron chi connectivity index (χ3n) is 2.69. The predicted molar refractivity (Wildman–Crippen MR) is 74.8 cm³/mol. The molecule has 0 atom stereocenters. The second kappa shape index (κ2) is 7.10. The van der Waals surface area contributed by atoms with Crippen LogP contribution in [0.1, 0.15) is 52.7 Å². The Morgan fingerprint density at radius 2 is 2.12 bits per heavy atom. The lowest BCUT2D eigenvalue weighted by atomic mass is 10.1. The maximum Gasteiger partial charge on any atom is 0.0950 e. The number of allylic oxidation sites excluding steroid dienone is 3. The maximum atomic E-state index is 4.21. The van der Waals surface area contributed by atoms with Crippen LogP contribution in [0.5, 0.6) is 0 Å². The molecule has 2 heteroatoms. The van der Waals surface area contributed by atoms with Crippen molar-refractivity contribution in [3.8, 4) is 0 Å². The number of rotatable bonds is 6. The van der Waals surface area contributed by atoms with Gasteiger partial charge in [0.1, 0.15) is 0 Å². The maximum absolute atomic E-state index is 4.21. The van der Waals surface area contributed by atoms with E-state index in [1.807, 2.05) is 12.5 Å². The smallest absolute Gasteiger partial charge is 0.0950 e. The van der Waals surface area contributed by atoms with Crippen molar-refractivity contribution in [2.24, 2.45) is 0 Å². The Morgan fingerprint density at radius 1 is 1.35 bits per heavy atom. The molecule has 1 aromatic heterocycles. The van der Waals surface area contributed by atoms with Crippen LogP contribution < -0.4 is 0 Å². The monoisotopic (exact) mass is 232 g/mol. The van der Waals surface area contributed by atoms with E-state index in [-0.39, 0.29) is 0 Å². The summed E-state index contributed by atoms with van der Waals surface area (Å²) in [7, 11) is 0. The number of hydrogen-bond acceptors (Lipinski definition) is 1. The Hall–Kier alpha value is -1.31. The molecule has 94 valence electrons. The van der Waals surface area contributed by atoms with Gasteiger partial charge in [0.2, 0.25) is 0 Å². The van der Waals surface area contributed by atoms with E-state index in [1.54, 1.807) is 0 Å². The zero-order valence-corrected chi connectivity index (χ0v) is 11.5. The molecule has 2 nitrogen and oxygen atoms in total. The summed E-state index contributed by atoms with van der Waals surface area (Å²) in [6.45, 7) is 9.73. The summed E-state index contributed by atoms with van der Waals surface area (Å²) in [6, 6.07) is 0. The molecule has 0 aromatic carbocycles. The summed E-state index contributed by atoms with van der Waals surface area (Å²) in [5.74, 6) is 0. The fourth-order valence-corrected chi connectivity index (χ4v) is 1.79. The van der Waals surface area contributed by atoms with Crippen molar-refractivity contribution in [3.63, 3.8) is 0 Å². The molecule has 0 radical (unpaired) electrons. The molecule has 0 spiro atoms. The number of imidazole rings is 1. The second-order valence-electron chi connectivity index (χ2n) is 4.82. The first-order valence-electron chi connectivity index (χ1n) is 6.44. The predicted octanol–water partition coefficient (Wildman–Crippen LogP) is 4.44. The van der Waals surface area contributed by atoms with Crippen LogP contribution in [0, 0.1) is 0 Å². The van der Waals surface area contributed by atoms with Gasteiger partial charge in [-0.3, -0.25) is 0 Å². The van der Waals surface area contributed by atoms with Crippen molar-refractivity contribution < 1.29 is 0 Å². The SMILES string of the molecule is CCCn1cncc1/C=C(\C)CCC=C(C)C. The van der Waals surface area contributed by atoms with Gasteiger partial charge in [0.05, 0.1) is 18.2 Å². The summed E-state index contributed by atoms with van der Waals surface area (Å²) in [6.07, 6.45) is 11.8. The van der Waals surface area contributed by atoms with Crippen LogP contribution in [0.15, 0.2) is 29.7 Å². The van der Waals surface area contributed by atoms with Gasteiger partial charge in [-0.05, 0) is 46.1 Å². The van der Waals surface area contributed by atoms with Crippen LogP contribution in [-0.2, 0) is 6.54 Å². The van der Waals surface area contributed by atoms with Gasteiger partial charge in [-0.1, -0.05) is 24.1 Å². The molecule has 1 heterocycles. The zero-order valence-electron chi connectivity index (χ0n) is 11.5. The minimum absolute atomic E-state index is 1.05. The Kier molecular flexibility index (Phi) is 5.75. The fourth-order valence-electron chi connectivity index (χ4n) is 1.79. The summed E-state index contributed by atoms with van der Waals surface area (Å²) in [5, 5.41) is 0. The highest BCUT2D eigenvalue weighted by Gasteiger charge is 1.98. The minimum Gasteiger partial charge on any atom is -0.331 e. The minimum atomic E-state index is 1.05. The zero-order chi connectivity index (χ0) is 12.7. The standard InChI is InChI=1S/C15H24N2/c1-5-9-17-12-16-11-15(17)10-14(4)8-6-7-13(2)3/h7,10-12H,5-6,8-9H2,1-4H3/b14-10+. The molecule has 17 heavy (non-hydrogen) atoms. The van der Waals surface area contributed by atoms with Gasteiger partial charge in [0, 0.05) is 6.54 Å². The van der Waals surface area contributed by atoms with Crippen molar-refractivity contribution in [1.29, 1.82) is 0 Å². The van der Waals surface area contributed by atoms with E-state index >= 15 is 0 Å².